The lowest BCUT2D eigenvalue weighted by molar-refractivity contribution is 0.191. The highest BCUT2D eigenvalue weighted by molar-refractivity contribution is 14.0. The lowest BCUT2D eigenvalue weighted by Crippen LogP contribution is -2.39. The molecular weight excluding hydrogens is 427 g/mol. The number of likely N-dealkylation sites (tertiary alicyclic amines) is 1. The zero-order valence-corrected chi connectivity index (χ0v) is 18.1. The molecule has 25 heavy (non-hydrogen) atoms. The summed E-state index contributed by atoms with van der Waals surface area (Å²) in [6.07, 6.45) is 3.84. The lowest BCUT2D eigenvalue weighted by atomic mass is 9.99. The summed E-state index contributed by atoms with van der Waals surface area (Å²) < 4.78 is 5.25. The molecule has 1 aliphatic heterocycles. The van der Waals surface area contributed by atoms with Crippen LogP contribution in [-0.4, -0.2) is 51.2 Å². The Bertz CT molecular complexity index is 516. The summed E-state index contributed by atoms with van der Waals surface area (Å²) in [5, 5.41) is 6.75. The summed E-state index contributed by atoms with van der Waals surface area (Å²) in [6.45, 7) is 7.72. The number of rotatable bonds is 7. The Morgan fingerprint density at radius 3 is 2.72 bits per heavy atom. The molecule has 6 heteroatoms. The van der Waals surface area contributed by atoms with Gasteiger partial charge in [0.2, 0.25) is 0 Å². The SMILES string of the molecule is CN=C(NCCCN1CCC(C)CC1)NCc1cccc(OC)c1.I. The predicted molar refractivity (Wildman–Crippen MR) is 116 cm³/mol. The Morgan fingerprint density at radius 2 is 2.04 bits per heavy atom. The molecule has 1 saturated heterocycles. The Morgan fingerprint density at radius 1 is 1.28 bits per heavy atom. The molecule has 0 amide bonds. The summed E-state index contributed by atoms with van der Waals surface area (Å²) in [7, 11) is 3.50. The van der Waals surface area contributed by atoms with E-state index >= 15 is 0 Å². The van der Waals surface area contributed by atoms with Gasteiger partial charge in [-0.3, -0.25) is 4.99 Å². The number of hydrogen-bond acceptors (Lipinski definition) is 3. The van der Waals surface area contributed by atoms with Crippen LogP contribution in [0.1, 0.15) is 31.7 Å². The van der Waals surface area contributed by atoms with Crippen LogP contribution in [0.4, 0.5) is 0 Å². The molecule has 142 valence electrons. The van der Waals surface area contributed by atoms with Gasteiger partial charge in [-0.25, -0.2) is 0 Å². The van der Waals surface area contributed by atoms with E-state index in [4.69, 9.17) is 4.74 Å². The average Bonchev–Trinajstić information content (AvgIpc) is 2.63. The molecule has 0 spiro atoms. The van der Waals surface area contributed by atoms with Gasteiger partial charge in [-0.1, -0.05) is 19.1 Å². The highest BCUT2D eigenvalue weighted by atomic mass is 127. The third-order valence-corrected chi connectivity index (χ3v) is 4.64. The molecule has 1 aliphatic rings. The molecule has 1 heterocycles. The second kappa shape index (κ2) is 12.4. The van der Waals surface area contributed by atoms with Crippen LogP contribution in [0, 0.1) is 5.92 Å². The molecule has 0 atom stereocenters. The minimum absolute atomic E-state index is 0. The second-order valence-corrected chi connectivity index (χ2v) is 6.58. The summed E-state index contributed by atoms with van der Waals surface area (Å²) in [5.41, 5.74) is 1.18. The van der Waals surface area contributed by atoms with Crippen LogP contribution in [0.3, 0.4) is 0 Å². The quantitative estimate of drug-likeness (QED) is 0.284. The van der Waals surface area contributed by atoms with Crippen molar-refractivity contribution in [2.24, 2.45) is 10.9 Å². The maximum atomic E-state index is 5.25. The maximum absolute atomic E-state index is 5.25. The van der Waals surface area contributed by atoms with E-state index in [-0.39, 0.29) is 24.0 Å². The highest BCUT2D eigenvalue weighted by Gasteiger charge is 2.14. The molecule has 0 saturated carbocycles. The first kappa shape index (κ1) is 22.0. The number of methoxy groups -OCH3 is 1. The van der Waals surface area contributed by atoms with Crippen LogP contribution in [0.2, 0.25) is 0 Å². The van der Waals surface area contributed by atoms with Crippen LogP contribution in [0.25, 0.3) is 0 Å². The molecule has 0 unspecified atom stereocenters. The number of nitrogens with zero attached hydrogens (tertiary/aromatic N) is 2. The smallest absolute Gasteiger partial charge is 0.191 e. The number of aliphatic imine (C=N–C) groups is 1. The van der Waals surface area contributed by atoms with Crippen molar-refractivity contribution in [2.75, 3.05) is 40.3 Å². The zero-order chi connectivity index (χ0) is 17.2. The van der Waals surface area contributed by atoms with Crippen molar-refractivity contribution >= 4 is 29.9 Å². The van der Waals surface area contributed by atoms with Gasteiger partial charge >= 0.3 is 0 Å². The van der Waals surface area contributed by atoms with Crippen molar-refractivity contribution in [3.8, 4) is 5.75 Å². The van der Waals surface area contributed by atoms with Gasteiger partial charge < -0.3 is 20.3 Å². The third-order valence-electron chi connectivity index (χ3n) is 4.64. The summed E-state index contributed by atoms with van der Waals surface area (Å²) in [6, 6.07) is 8.08. The van der Waals surface area contributed by atoms with Crippen molar-refractivity contribution in [1.82, 2.24) is 15.5 Å². The van der Waals surface area contributed by atoms with Crippen molar-refractivity contribution < 1.29 is 4.74 Å². The Balaban J connectivity index is 0.00000312. The minimum Gasteiger partial charge on any atom is -0.497 e. The number of halogens is 1. The van der Waals surface area contributed by atoms with E-state index in [0.717, 1.165) is 37.1 Å². The first-order valence-electron chi connectivity index (χ1n) is 9.01. The number of nitrogens with one attached hydrogen (secondary N) is 2. The third kappa shape index (κ3) is 8.27. The first-order chi connectivity index (χ1) is 11.7. The van der Waals surface area contributed by atoms with Gasteiger partial charge in [-0.15, -0.1) is 24.0 Å². The first-order valence-corrected chi connectivity index (χ1v) is 9.01. The van der Waals surface area contributed by atoms with Gasteiger partial charge in [0.15, 0.2) is 5.96 Å². The van der Waals surface area contributed by atoms with Gasteiger partial charge in [-0.2, -0.15) is 0 Å². The van der Waals surface area contributed by atoms with E-state index in [1.54, 1.807) is 7.11 Å². The largest absolute Gasteiger partial charge is 0.497 e. The topological polar surface area (TPSA) is 48.9 Å². The molecule has 2 N–H and O–H groups in total. The fraction of sp³-hybridized carbons (Fsp3) is 0.632. The van der Waals surface area contributed by atoms with Crippen LogP contribution in [0.5, 0.6) is 5.75 Å². The monoisotopic (exact) mass is 460 g/mol. The van der Waals surface area contributed by atoms with Crippen molar-refractivity contribution in [3.63, 3.8) is 0 Å². The normalized spacial score (nSPS) is 16.2. The lowest BCUT2D eigenvalue weighted by Gasteiger charge is -2.30. The summed E-state index contributed by atoms with van der Waals surface area (Å²) in [4.78, 5) is 6.87. The molecule has 0 aliphatic carbocycles. The fourth-order valence-electron chi connectivity index (χ4n) is 2.98. The molecule has 0 bridgehead atoms. The number of piperidine rings is 1. The number of ether oxygens (including phenoxy) is 1. The van der Waals surface area contributed by atoms with Gasteiger partial charge in [-0.05, 0) is 62.5 Å². The zero-order valence-electron chi connectivity index (χ0n) is 15.8. The van der Waals surface area contributed by atoms with Gasteiger partial charge in [0.1, 0.15) is 5.75 Å². The van der Waals surface area contributed by atoms with E-state index < -0.39 is 0 Å². The number of guanidine groups is 1. The molecular formula is C19H33IN4O. The second-order valence-electron chi connectivity index (χ2n) is 6.58. The van der Waals surface area contributed by atoms with Gasteiger partial charge in [0.05, 0.1) is 7.11 Å². The fourth-order valence-corrected chi connectivity index (χ4v) is 2.98. The standard InChI is InChI=1S/C19H32N4O.HI/c1-16-8-12-23(13-9-16)11-5-10-21-19(20-2)22-15-17-6-4-7-18(14-17)24-3;/h4,6-7,14,16H,5,8-13,15H2,1-3H3,(H2,20,21,22);1H. The average molecular weight is 460 g/mol. The molecule has 2 rings (SSSR count). The van der Waals surface area contributed by atoms with E-state index in [9.17, 15) is 0 Å². The van der Waals surface area contributed by atoms with Crippen molar-refractivity contribution in [3.05, 3.63) is 29.8 Å². The minimum atomic E-state index is 0. The van der Waals surface area contributed by atoms with E-state index in [1.807, 2.05) is 25.2 Å². The van der Waals surface area contributed by atoms with Crippen LogP contribution in [0.15, 0.2) is 29.3 Å². The van der Waals surface area contributed by atoms with Crippen molar-refractivity contribution in [1.29, 1.82) is 0 Å². The molecule has 0 aromatic heterocycles. The molecule has 1 fully saturated rings. The van der Waals surface area contributed by atoms with Gasteiger partial charge in [0.25, 0.3) is 0 Å². The van der Waals surface area contributed by atoms with Crippen LogP contribution >= 0.6 is 24.0 Å². The Kier molecular flexibility index (Phi) is 10.9. The molecule has 0 radical (unpaired) electrons. The van der Waals surface area contributed by atoms with Gasteiger partial charge in [0, 0.05) is 20.1 Å². The van der Waals surface area contributed by atoms with E-state index in [1.165, 1.54) is 38.0 Å². The molecule has 5 nitrogen and oxygen atoms in total. The predicted octanol–water partition coefficient (Wildman–Crippen LogP) is 3.10. The van der Waals surface area contributed by atoms with Crippen LogP contribution in [-0.2, 0) is 6.54 Å². The molecule has 1 aromatic rings. The van der Waals surface area contributed by atoms with E-state index in [0.29, 0.717) is 0 Å². The maximum Gasteiger partial charge on any atom is 0.191 e. The molecule has 1 aromatic carbocycles. The Labute approximate surface area is 169 Å². The summed E-state index contributed by atoms with van der Waals surface area (Å²) in [5.74, 6) is 2.64. The number of hydrogen-bond donors (Lipinski definition) is 2. The van der Waals surface area contributed by atoms with E-state index in [2.05, 4.69) is 33.5 Å². The number of benzene rings is 1. The Hall–Kier alpha value is -1.02. The highest BCUT2D eigenvalue weighted by Crippen LogP contribution is 2.15. The van der Waals surface area contributed by atoms with Crippen LogP contribution < -0.4 is 15.4 Å². The van der Waals surface area contributed by atoms with Crippen molar-refractivity contribution in [2.45, 2.75) is 32.7 Å². The summed E-state index contributed by atoms with van der Waals surface area (Å²) >= 11 is 0.